The average molecular weight is 464 g/mol. The number of anilines is 2. The van der Waals surface area contributed by atoms with Crippen LogP contribution in [0.4, 0.5) is 11.4 Å². The Kier molecular flexibility index (Phi) is 7.54. The third-order valence-electron chi connectivity index (χ3n) is 7.11. The summed E-state index contributed by atoms with van der Waals surface area (Å²) in [6.45, 7) is 9.26. The van der Waals surface area contributed by atoms with Gasteiger partial charge in [-0.2, -0.15) is 0 Å². The topological polar surface area (TPSA) is 67.9 Å². The summed E-state index contributed by atoms with van der Waals surface area (Å²) in [4.78, 5) is 32.4. The normalized spacial score (nSPS) is 17.7. The smallest absolute Gasteiger partial charge is 0.313 e. The van der Waals surface area contributed by atoms with Crippen LogP contribution in [0.2, 0.25) is 0 Å². The molecule has 0 aliphatic carbocycles. The van der Waals surface area contributed by atoms with E-state index in [1.165, 1.54) is 16.8 Å². The Hall–Kier alpha value is -2.90. The third-order valence-corrected chi connectivity index (χ3v) is 7.11. The lowest BCUT2D eigenvalue weighted by Gasteiger charge is -2.39. The maximum atomic E-state index is 12.7. The Balaban J connectivity index is 1.47. The van der Waals surface area contributed by atoms with Crippen LogP contribution in [-0.2, 0) is 16.0 Å². The number of likely N-dealkylation sites (N-methyl/N-ethyl adjacent to an activating group) is 1. The first-order valence-electron chi connectivity index (χ1n) is 12.2. The van der Waals surface area contributed by atoms with Crippen molar-refractivity contribution in [1.82, 2.24) is 15.1 Å². The van der Waals surface area contributed by atoms with Gasteiger partial charge < -0.3 is 20.4 Å². The van der Waals surface area contributed by atoms with E-state index < -0.39 is 11.8 Å². The van der Waals surface area contributed by atoms with E-state index in [2.05, 4.69) is 57.6 Å². The molecule has 34 heavy (non-hydrogen) atoms. The number of hydrogen-bond acceptors (Lipinski definition) is 5. The molecule has 0 unspecified atom stereocenters. The van der Waals surface area contributed by atoms with Gasteiger partial charge in [-0.05, 0) is 62.6 Å². The highest BCUT2D eigenvalue weighted by Crippen LogP contribution is 2.31. The van der Waals surface area contributed by atoms with Crippen molar-refractivity contribution in [3.8, 4) is 0 Å². The number of aryl methyl sites for hydroxylation is 3. The third kappa shape index (κ3) is 5.59. The van der Waals surface area contributed by atoms with E-state index in [1.807, 2.05) is 32.0 Å². The minimum absolute atomic E-state index is 0.0316. The zero-order chi connectivity index (χ0) is 24.2. The van der Waals surface area contributed by atoms with Crippen LogP contribution >= 0.6 is 0 Å². The van der Waals surface area contributed by atoms with Crippen LogP contribution in [0.1, 0.15) is 34.7 Å². The second-order valence-corrected chi connectivity index (χ2v) is 9.75. The fourth-order valence-electron chi connectivity index (χ4n) is 5.01. The van der Waals surface area contributed by atoms with Gasteiger partial charge in [0, 0.05) is 57.7 Å². The van der Waals surface area contributed by atoms with E-state index >= 15 is 0 Å². The quantitative estimate of drug-likeness (QED) is 0.668. The number of carbonyl (C=O) groups is 2. The second-order valence-electron chi connectivity index (χ2n) is 9.75. The molecule has 0 aromatic heterocycles. The number of carbonyl (C=O) groups excluding carboxylic acids is 2. The Morgan fingerprint density at radius 1 is 0.941 bits per heavy atom. The van der Waals surface area contributed by atoms with Gasteiger partial charge in [0.15, 0.2) is 0 Å². The lowest BCUT2D eigenvalue weighted by molar-refractivity contribution is -0.136. The molecular formula is C27H37N5O2. The zero-order valence-corrected chi connectivity index (χ0v) is 20.9. The number of benzene rings is 2. The van der Waals surface area contributed by atoms with Gasteiger partial charge in [-0.25, -0.2) is 0 Å². The van der Waals surface area contributed by atoms with Crippen LogP contribution in [0.3, 0.4) is 0 Å². The SMILES string of the molecule is Cc1ccc(NC(=O)C(=O)NC[C@H](c2ccc3c(c2)CCCN3C)N2CCN(C)CC2)c(C)c1. The molecule has 2 heterocycles. The minimum atomic E-state index is -0.629. The van der Waals surface area contributed by atoms with Gasteiger partial charge in [0.05, 0.1) is 6.04 Å². The fourth-order valence-corrected chi connectivity index (χ4v) is 5.01. The monoisotopic (exact) mass is 463 g/mol. The van der Waals surface area contributed by atoms with Gasteiger partial charge in [0.25, 0.3) is 0 Å². The molecule has 2 amide bonds. The van der Waals surface area contributed by atoms with Gasteiger partial charge in [-0.1, -0.05) is 29.8 Å². The average Bonchev–Trinajstić information content (AvgIpc) is 2.82. The van der Waals surface area contributed by atoms with Crippen LogP contribution in [0.15, 0.2) is 36.4 Å². The molecule has 0 saturated carbocycles. The maximum absolute atomic E-state index is 12.7. The van der Waals surface area contributed by atoms with Gasteiger partial charge >= 0.3 is 11.8 Å². The van der Waals surface area contributed by atoms with Crippen molar-refractivity contribution in [2.45, 2.75) is 32.7 Å². The first kappa shape index (κ1) is 24.2. The van der Waals surface area contributed by atoms with Crippen LogP contribution < -0.4 is 15.5 Å². The number of fused-ring (bicyclic) bond motifs is 1. The van der Waals surface area contributed by atoms with E-state index in [0.717, 1.165) is 56.7 Å². The highest BCUT2D eigenvalue weighted by molar-refractivity contribution is 6.39. The van der Waals surface area contributed by atoms with Crippen LogP contribution in [-0.4, -0.2) is 75.0 Å². The molecule has 1 fully saturated rings. The van der Waals surface area contributed by atoms with E-state index in [-0.39, 0.29) is 6.04 Å². The van der Waals surface area contributed by atoms with Crippen molar-refractivity contribution in [3.63, 3.8) is 0 Å². The Morgan fingerprint density at radius 3 is 2.44 bits per heavy atom. The number of piperazine rings is 1. The van der Waals surface area contributed by atoms with E-state index in [9.17, 15) is 9.59 Å². The highest BCUT2D eigenvalue weighted by atomic mass is 16.2. The first-order valence-corrected chi connectivity index (χ1v) is 12.2. The second kappa shape index (κ2) is 10.6. The van der Waals surface area contributed by atoms with E-state index in [1.54, 1.807) is 0 Å². The van der Waals surface area contributed by atoms with Gasteiger partial charge in [-0.15, -0.1) is 0 Å². The molecule has 1 atom stereocenters. The predicted molar refractivity (Wildman–Crippen MR) is 137 cm³/mol. The number of amides is 2. The number of nitrogens with one attached hydrogen (secondary N) is 2. The van der Waals surface area contributed by atoms with Crippen molar-refractivity contribution in [2.75, 3.05) is 63.6 Å². The van der Waals surface area contributed by atoms with Gasteiger partial charge in [0.1, 0.15) is 0 Å². The van der Waals surface area contributed by atoms with Crippen LogP contribution in [0, 0.1) is 13.8 Å². The molecule has 4 rings (SSSR count). The molecule has 2 aromatic rings. The first-order chi connectivity index (χ1) is 16.3. The minimum Gasteiger partial charge on any atom is -0.374 e. The van der Waals surface area contributed by atoms with Crippen LogP contribution in [0.5, 0.6) is 0 Å². The molecule has 7 heteroatoms. The summed E-state index contributed by atoms with van der Waals surface area (Å²) in [6, 6.07) is 12.5. The van der Waals surface area contributed by atoms with Crippen molar-refractivity contribution in [3.05, 3.63) is 58.7 Å². The fraction of sp³-hybridized carbons (Fsp3) is 0.481. The largest absolute Gasteiger partial charge is 0.374 e. The molecule has 2 aliphatic rings. The summed E-state index contributed by atoms with van der Waals surface area (Å²) in [6.07, 6.45) is 2.23. The summed E-state index contributed by atoms with van der Waals surface area (Å²) >= 11 is 0. The Morgan fingerprint density at radius 2 is 1.71 bits per heavy atom. The van der Waals surface area contributed by atoms with Crippen molar-refractivity contribution < 1.29 is 9.59 Å². The molecule has 1 saturated heterocycles. The Bertz CT molecular complexity index is 1050. The number of nitrogens with zero attached hydrogens (tertiary/aromatic N) is 3. The summed E-state index contributed by atoms with van der Waals surface area (Å²) in [7, 11) is 4.28. The predicted octanol–water partition coefficient (Wildman–Crippen LogP) is 2.73. The molecule has 2 aliphatic heterocycles. The molecule has 0 spiro atoms. The zero-order valence-electron chi connectivity index (χ0n) is 20.9. The van der Waals surface area contributed by atoms with E-state index in [0.29, 0.717) is 12.2 Å². The lowest BCUT2D eigenvalue weighted by atomic mass is 9.95. The molecule has 7 nitrogen and oxygen atoms in total. The molecule has 2 N–H and O–H groups in total. The summed E-state index contributed by atoms with van der Waals surface area (Å²) in [5, 5.41) is 5.67. The standard InChI is InChI=1S/C27H37N5O2/c1-19-7-9-23(20(2)16-19)29-27(34)26(33)28-18-25(32-14-12-30(3)13-15-32)22-8-10-24-21(17-22)6-5-11-31(24)4/h7-10,16-17,25H,5-6,11-15,18H2,1-4H3,(H,28,33)(H,29,34)/t25-/m1/s1. The van der Waals surface area contributed by atoms with Crippen molar-refractivity contribution in [2.24, 2.45) is 0 Å². The van der Waals surface area contributed by atoms with E-state index in [4.69, 9.17) is 0 Å². The van der Waals surface area contributed by atoms with Crippen LogP contribution in [0.25, 0.3) is 0 Å². The van der Waals surface area contributed by atoms with Gasteiger partial charge in [-0.3, -0.25) is 14.5 Å². The Labute approximate surface area is 203 Å². The lowest BCUT2D eigenvalue weighted by Crippen LogP contribution is -2.49. The van der Waals surface area contributed by atoms with Crippen molar-refractivity contribution in [1.29, 1.82) is 0 Å². The molecule has 182 valence electrons. The highest BCUT2D eigenvalue weighted by Gasteiger charge is 2.27. The number of hydrogen-bond donors (Lipinski definition) is 2. The summed E-state index contributed by atoms with van der Waals surface area (Å²) in [5.74, 6) is -1.23. The number of rotatable bonds is 5. The van der Waals surface area contributed by atoms with Gasteiger partial charge in [0.2, 0.25) is 0 Å². The molecule has 0 bridgehead atoms. The maximum Gasteiger partial charge on any atom is 0.313 e. The summed E-state index contributed by atoms with van der Waals surface area (Å²) < 4.78 is 0. The summed E-state index contributed by atoms with van der Waals surface area (Å²) in [5.41, 5.74) is 6.59. The van der Waals surface area contributed by atoms with Crippen molar-refractivity contribution >= 4 is 23.2 Å². The molecular weight excluding hydrogens is 426 g/mol. The molecule has 0 radical (unpaired) electrons. The molecule has 2 aromatic carbocycles.